The van der Waals surface area contributed by atoms with Crippen molar-refractivity contribution in [3.05, 3.63) is 22.4 Å². The van der Waals surface area contributed by atoms with E-state index in [0.717, 1.165) is 13.0 Å². The molecule has 0 aromatic carbocycles. The fourth-order valence-electron chi connectivity index (χ4n) is 1.02. The Labute approximate surface area is 82.6 Å². The molecule has 4 heteroatoms. The molecule has 0 radical (unpaired) electrons. The Bertz CT molecular complexity index is 213. The first-order valence-electron chi connectivity index (χ1n) is 4.42. The smallest absolute Gasteiger partial charge is 0.0594 e. The van der Waals surface area contributed by atoms with Gasteiger partial charge in [-0.2, -0.15) is 0 Å². The highest BCUT2D eigenvalue weighted by Gasteiger charge is 1.98. The quantitative estimate of drug-likeness (QED) is 0.575. The van der Waals surface area contributed by atoms with Crippen molar-refractivity contribution in [1.82, 2.24) is 5.32 Å². The second-order valence-electron chi connectivity index (χ2n) is 2.98. The SMILES string of the molecule is NC(CO)CNCCc1cccs1. The molecule has 0 saturated carbocycles. The van der Waals surface area contributed by atoms with E-state index in [2.05, 4.69) is 22.8 Å². The Hall–Kier alpha value is -0.420. The molecular formula is C9H16N2OS. The van der Waals surface area contributed by atoms with E-state index in [1.807, 2.05) is 0 Å². The Morgan fingerprint density at radius 3 is 3.08 bits per heavy atom. The van der Waals surface area contributed by atoms with Gasteiger partial charge in [0.2, 0.25) is 0 Å². The van der Waals surface area contributed by atoms with E-state index in [4.69, 9.17) is 10.8 Å². The Morgan fingerprint density at radius 2 is 2.46 bits per heavy atom. The lowest BCUT2D eigenvalue weighted by atomic mass is 10.3. The minimum absolute atomic E-state index is 0.0476. The van der Waals surface area contributed by atoms with Gasteiger partial charge in [0.15, 0.2) is 0 Å². The lowest BCUT2D eigenvalue weighted by Crippen LogP contribution is -2.37. The fourth-order valence-corrected chi connectivity index (χ4v) is 1.73. The van der Waals surface area contributed by atoms with Crippen LogP contribution in [-0.4, -0.2) is 30.8 Å². The zero-order chi connectivity index (χ0) is 9.52. The number of hydrogen-bond acceptors (Lipinski definition) is 4. The highest BCUT2D eigenvalue weighted by atomic mass is 32.1. The third-order valence-electron chi connectivity index (χ3n) is 1.77. The van der Waals surface area contributed by atoms with Crippen LogP contribution >= 0.6 is 11.3 Å². The van der Waals surface area contributed by atoms with E-state index in [0.29, 0.717) is 6.54 Å². The topological polar surface area (TPSA) is 58.3 Å². The van der Waals surface area contributed by atoms with Gasteiger partial charge in [-0.3, -0.25) is 0 Å². The Morgan fingerprint density at radius 1 is 1.62 bits per heavy atom. The van der Waals surface area contributed by atoms with Crippen LogP contribution in [0.2, 0.25) is 0 Å². The average molecular weight is 200 g/mol. The molecule has 1 aromatic heterocycles. The Kier molecular flexibility index (Phi) is 5.00. The van der Waals surface area contributed by atoms with Gasteiger partial charge in [-0.05, 0) is 17.9 Å². The summed E-state index contributed by atoms with van der Waals surface area (Å²) in [7, 11) is 0. The summed E-state index contributed by atoms with van der Waals surface area (Å²) in [5.74, 6) is 0. The molecule has 13 heavy (non-hydrogen) atoms. The summed E-state index contributed by atoms with van der Waals surface area (Å²) < 4.78 is 0. The third-order valence-corrected chi connectivity index (χ3v) is 2.71. The van der Waals surface area contributed by atoms with Gasteiger partial charge in [0.05, 0.1) is 6.61 Å². The van der Waals surface area contributed by atoms with Gasteiger partial charge in [-0.25, -0.2) is 0 Å². The number of nitrogens with one attached hydrogen (secondary N) is 1. The zero-order valence-electron chi connectivity index (χ0n) is 7.57. The molecule has 1 aromatic rings. The van der Waals surface area contributed by atoms with Crippen LogP contribution in [-0.2, 0) is 6.42 Å². The Balaban J connectivity index is 2.02. The maximum absolute atomic E-state index is 8.66. The van der Waals surface area contributed by atoms with Crippen LogP contribution in [0.15, 0.2) is 17.5 Å². The number of rotatable bonds is 6. The van der Waals surface area contributed by atoms with Gasteiger partial charge in [-0.15, -0.1) is 11.3 Å². The van der Waals surface area contributed by atoms with Gasteiger partial charge in [0.25, 0.3) is 0 Å². The second kappa shape index (κ2) is 6.10. The monoisotopic (exact) mass is 200 g/mol. The molecule has 0 aliphatic carbocycles. The largest absolute Gasteiger partial charge is 0.395 e. The molecule has 3 nitrogen and oxygen atoms in total. The molecule has 0 aliphatic heterocycles. The van der Waals surface area contributed by atoms with Crippen LogP contribution in [0.1, 0.15) is 4.88 Å². The van der Waals surface area contributed by atoms with E-state index in [1.165, 1.54) is 4.88 Å². The lowest BCUT2D eigenvalue weighted by molar-refractivity contribution is 0.262. The first-order valence-corrected chi connectivity index (χ1v) is 5.30. The van der Waals surface area contributed by atoms with E-state index >= 15 is 0 Å². The van der Waals surface area contributed by atoms with Gasteiger partial charge in [0, 0.05) is 24.0 Å². The molecule has 0 aliphatic rings. The van der Waals surface area contributed by atoms with Gasteiger partial charge in [0.1, 0.15) is 0 Å². The summed E-state index contributed by atoms with van der Waals surface area (Å²) in [6.45, 7) is 1.65. The fraction of sp³-hybridized carbons (Fsp3) is 0.556. The number of aliphatic hydroxyl groups is 1. The average Bonchev–Trinajstić information content (AvgIpc) is 2.64. The van der Waals surface area contributed by atoms with Crippen molar-refractivity contribution in [2.75, 3.05) is 19.7 Å². The number of nitrogens with two attached hydrogens (primary N) is 1. The predicted octanol–water partition coefficient (Wildman–Crippen LogP) is 0.200. The van der Waals surface area contributed by atoms with Crippen molar-refractivity contribution in [1.29, 1.82) is 0 Å². The van der Waals surface area contributed by atoms with Crippen molar-refractivity contribution >= 4 is 11.3 Å². The van der Waals surface area contributed by atoms with Gasteiger partial charge >= 0.3 is 0 Å². The van der Waals surface area contributed by atoms with Crippen LogP contribution in [0.25, 0.3) is 0 Å². The van der Waals surface area contributed by atoms with Crippen LogP contribution in [0.4, 0.5) is 0 Å². The predicted molar refractivity (Wildman–Crippen MR) is 56.0 cm³/mol. The number of thiophene rings is 1. The zero-order valence-corrected chi connectivity index (χ0v) is 8.39. The van der Waals surface area contributed by atoms with Gasteiger partial charge in [-0.1, -0.05) is 6.07 Å². The molecular weight excluding hydrogens is 184 g/mol. The van der Waals surface area contributed by atoms with Crippen LogP contribution in [0.3, 0.4) is 0 Å². The molecule has 1 unspecified atom stereocenters. The summed E-state index contributed by atoms with van der Waals surface area (Å²) in [6, 6.07) is 4.04. The molecule has 1 rings (SSSR count). The highest BCUT2D eigenvalue weighted by Crippen LogP contribution is 2.07. The van der Waals surface area contributed by atoms with Crippen molar-refractivity contribution in [3.63, 3.8) is 0 Å². The standard InChI is InChI=1S/C9H16N2OS/c10-8(7-12)6-11-4-3-9-2-1-5-13-9/h1-2,5,8,11-12H,3-4,6-7,10H2. The molecule has 0 spiro atoms. The minimum Gasteiger partial charge on any atom is -0.395 e. The van der Waals surface area contributed by atoms with Gasteiger partial charge < -0.3 is 16.2 Å². The summed E-state index contributed by atoms with van der Waals surface area (Å²) in [6.07, 6.45) is 1.04. The second-order valence-corrected chi connectivity index (χ2v) is 4.01. The molecule has 1 atom stereocenters. The lowest BCUT2D eigenvalue weighted by Gasteiger charge is -2.08. The van der Waals surface area contributed by atoms with Crippen molar-refractivity contribution in [2.45, 2.75) is 12.5 Å². The van der Waals surface area contributed by atoms with Crippen LogP contribution in [0.5, 0.6) is 0 Å². The summed E-state index contributed by atoms with van der Waals surface area (Å²) in [4.78, 5) is 1.38. The van der Waals surface area contributed by atoms with E-state index in [-0.39, 0.29) is 12.6 Å². The minimum atomic E-state index is -0.136. The van der Waals surface area contributed by atoms with E-state index in [9.17, 15) is 0 Å². The molecule has 74 valence electrons. The van der Waals surface area contributed by atoms with E-state index < -0.39 is 0 Å². The first-order chi connectivity index (χ1) is 6.33. The number of aliphatic hydroxyl groups excluding tert-OH is 1. The molecule has 1 heterocycles. The summed E-state index contributed by atoms with van der Waals surface area (Å²) >= 11 is 1.77. The molecule has 4 N–H and O–H groups in total. The van der Waals surface area contributed by atoms with E-state index in [1.54, 1.807) is 11.3 Å². The molecule has 0 amide bonds. The first kappa shape index (κ1) is 10.7. The molecule has 0 bridgehead atoms. The maximum atomic E-state index is 8.66. The normalized spacial score (nSPS) is 13.1. The highest BCUT2D eigenvalue weighted by molar-refractivity contribution is 7.09. The van der Waals surface area contributed by atoms with Crippen molar-refractivity contribution < 1.29 is 5.11 Å². The summed E-state index contributed by atoms with van der Waals surface area (Å²) in [5, 5.41) is 13.9. The number of hydrogen-bond donors (Lipinski definition) is 3. The molecule has 0 saturated heterocycles. The summed E-state index contributed by atoms with van der Waals surface area (Å²) in [5.41, 5.74) is 5.52. The maximum Gasteiger partial charge on any atom is 0.0594 e. The molecule has 0 fully saturated rings. The van der Waals surface area contributed by atoms with Crippen LogP contribution in [0, 0.1) is 0 Å². The third kappa shape index (κ3) is 4.38. The van der Waals surface area contributed by atoms with Crippen molar-refractivity contribution in [3.8, 4) is 0 Å². The van der Waals surface area contributed by atoms with Crippen molar-refractivity contribution in [2.24, 2.45) is 5.73 Å². The van der Waals surface area contributed by atoms with Crippen LogP contribution < -0.4 is 11.1 Å².